The lowest BCUT2D eigenvalue weighted by molar-refractivity contribution is 0.269. The van der Waals surface area contributed by atoms with Crippen molar-refractivity contribution in [3.63, 3.8) is 0 Å². The SMILES string of the molecule is COc1cc(C)cc(OCC(C)C)c1. The van der Waals surface area contributed by atoms with Crippen LogP contribution in [0.1, 0.15) is 19.4 Å². The monoisotopic (exact) mass is 194 g/mol. The molecule has 2 heteroatoms. The van der Waals surface area contributed by atoms with Crippen molar-refractivity contribution >= 4 is 0 Å². The van der Waals surface area contributed by atoms with Crippen LogP contribution in [0, 0.1) is 12.8 Å². The molecule has 78 valence electrons. The predicted molar refractivity (Wildman–Crippen MR) is 58.1 cm³/mol. The van der Waals surface area contributed by atoms with E-state index in [2.05, 4.69) is 13.8 Å². The highest BCUT2D eigenvalue weighted by molar-refractivity contribution is 5.37. The van der Waals surface area contributed by atoms with E-state index in [0.29, 0.717) is 5.92 Å². The molecule has 2 nitrogen and oxygen atoms in total. The molecule has 0 fully saturated rings. The summed E-state index contributed by atoms with van der Waals surface area (Å²) in [6, 6.07) is 5.92. The molecule has 0 bridgehead atoms. The Kier molecular flexibility index (Phi) is 3.81. The number of hydrogen-bond acceptors (Lipinski definition) is 2. The van der Waals surface area contributed by atoms with Gasteiger partial charge in [-0.2, -0.15) is 0 Å². The maximum absolute atomic E-state index is 5.61. The summed E-state index contributed by atoms with van der Waals surface area (Å²) in [7, 11) is 1.67. The number of aryl methyl sites for hydroxylation is 1. The van der Waals surface area contributed by atoms with Gasteiger partial charge in [0, 0.05) is 6.07 Å². The number of hydrogen-bond donors (Lipinski definition) is 0. The van der Waals surface area contributed by atoms with E-state index in [9.17, 15) is 0 Å². The van der Waals surface area contributed by atoms with E-state index in [4.69, 9.17) is 9.47 Å². The molecular formula is C12H18O2. The molecule has 0 saturated carbocycles. The molecule has 0 heterocycles. The van der Waals surface area contributed by atoms with Gasteiger partial charge in [-0.1, -0.05) is 13.8 Å². The summed E-state index contributed by atoms with van der Waals surface area (Å²) in [4.78, 5) is 0. The predicted octanol–water partition coefficient (Wildman–Crippen LogP) is 3.04. The molecule has 0 amide bonds. The van der Waals surface area contributed by atoms with Gasteiger partial charge >= 0.3 is 0 Å². The molecule has 0 N–H and O–H groups in total. The second kappa shape index (κ2) is 4.89. The normalized spacial score (nSPS) is 10.4. The third-order valence-electron chi connectivity index (χ3n) is 1.84. The van der Waals surface area contributed by atoms with Gasteiger partial charge in [-0.15, -0.1) is 0 Å². The summed E-state index contributed by atoms with van der Waals surface area (Å²) in [6.45, 7) is 7.04. The molecule has 1 aromatic carbocycles. The van der Waals surface area contributed by atoms with Gasteiger partial charge in [-0.3, -0.25) is 0 Å². The van der Waals surface area contributed by atoms with Crippen molar-refractivity contribution in [1.82, 2.24) is 0 Å². The van der Waals surface area contributed by atoms with Gasteiger partial charge in [0.25, 0.3) is 0 Å². The van der Waals surface area contributed by atoms with Crippen molar-refractivity contribution in [2.45, 2.75) is 20.8 Å². The van der Waals surface area contributed by atoms with Gasteiger partial charge in [0.05, 0.1) is 13.7 Å². The zero-order valence-electron chi connectivity index (χ0n) is 9.33. The third-order valence-corrected chi connectivity index (χ3v) is 1.84. The fourth-order valence-electron chi connectivity index (χ4n) is 1.18. The fourth-order valence-corrected chi connectivity index (χ4v) is 1.18. The lowest BCUT2D eigenvalue weighted by Crippen LogP contribution is -2.04. The summed E-state index contributed by atoms with van der Waals surface area (Å²) in [5, 5.41) is 0. The van der Waals surface area contributed by atoms with E-state index in [0.717, 1.165) is 23.7 Å². The quantitative estimate of drug-likeness (QED) is 0.733. The molecule has 0 atom stereocenters. The minimum absolute atomic E-state index is 0.543. The fraction of sp³-hybridized carbons (Fsp3) is 0.500. The number of benzene rings is 1. The highest BCUT2D eigenvalue weighted by Gasteiger charge is 2.00. The standard InChI is InChI=1S/C12H18O2/c1-9(2)8-14-12-6-10(3)5-11(7-12)13-4/h5-7,9H,8H2,1-4H3. The zero-order valence-corrected chi connectivity index (χ0v) is 9.33. The van der Waals surface area contributed by atoms with Gasteiger partial charge in [-0.25, -0.2) is 0 Å². The van der Waals surface area contributed by atoms with E-state index in [-0.39, 0.29) is 0 Å². The second-order valence-electron chi connectivity index (χ2n) is 3.89. The average molecular weight is 194 g/mol. The second-order valence-corrected chi connectivity index (χ2v) is 3.89. The highest BCUT2D eigenvalue weighted by Crippen LogP contribution is 2.22. The lowest BCUT2D eigenvalue weighted by Gasteiger charge is -2.10. The Bertz CT molecular complexity index is 292. The molecule has 0 aliphatic heterocycles. The van der Waals surface area contributed by atoms with Gasteiger partial charge in [0.2, 0.25) is 0 Å². The first-order valence-electron chi connectivity index (χ1n) is 4.90. The van der Waals surface area contributed by atoms with Gasteiger partial charge in [0.15, 0.2) is 0 Å². The van der Waals surface area contributed by atoms with Crippen molar-refractivity contribution in [1.29, 1.82) is 0 Å². The molecule has 0 aromatic heterocycles. The van der Waals surface area contributed by atoms with Crippen molar-refractivity contribution in [3.8, 4) is 11.5 Å². The first-order valence-corrected chi connectivity index (χ1v) is 4.90. The number of ether oxygens (including phenoxy) is 2. The molecule has 0 radical (unpaired) electrons. The smallest absolute Gasteiger partial charge is 0.123 e. The molecule has 0 aliphatic rings. The summed E-state index contributed by atoms with van der Waals surface area (Å²) >= 11 is 0. The maximum Gasteiger partial charge on any atom is 0.123 e. The Labute approximate surface area is 85.8 Å². The van der Waals surface area contributed by atoms with Crippen LogP contribution in [0.15, 0.2) is 18.2 Å². The largest absolute Gasteiger partial charge is 0.497 e. The first kappa shape index (κ1) is 10.9. The Morgan fingerprint density at radius 1 is 1.14 bits per heavy atom. The molecule has 0 spiro atoms. The molecule has 0 unspecified atom stereocenters. The van der Waals surface area contributed by atoms with Crippen LogP contribution in [-0.4, -0.2) is 13.7 Å². The van der Waals surface area contributed by atoms with Gasteiger partial charge in [0.1, 0.15) is 11.5 Å². The topological polar surface area (TPSA) is 18.5 Å². The van der Waals surface area contributed by atoms with E-state index < -0.39 is 0 Å². The van der Waals surface area contributed by atoms with Crippen LogP contribution < -0.4 is 9.47 Å². The van der Waals surface area contributed by atoms with E-state index in [1.54, 1.807) is 7.11 Å². The van der Waals surface area contributed by atoms with Crippen LogP contribution in [0.5, 0.6) is 11.5 Å². The molecule has 14 heavy (non-hydrogen) atoms. The van der Waals surface area contributed by atoms with E-state index in [1.165, 1.54) is 0 Å². The van der Waals surface area contributed by atoms with Crippen molar-refractivity contribution in [2.24, 2.45) is 5.92 Å². The highest BCUT2D eigenvalue weighted by atomic mass is 16.5. The van der Waals surface area contributed by atoms with Crippen LogP contribution >= 0.6 is 0 Å². The summed E-state index contributed by atoms with van der Waals surface area (Å²) in [6.07, 6.45) is 0. The third kappa shape index (κ3) is 3.29. The Morgan fingerprint density at radius 2 is 1.79 bits per heavy atom. The number of rotatable bonds is 4. The van der Waals surface area contributed by atoms with Crippen LogP contribution in [0.3, 0.4) is 0 Å². The minimum Gasteiger partial charge on any atom is -0.497 e. The Balaban J connectivity index is 2.71. The van der Waals surface area contributed by atoms with Crippen molar-refractivity contribution < 1.29 is 9.47 Å². The molecule has 1 rings (SSSR count). The zero-order chi connectivity index (χ0) is 10.6. The van der Waals surface area contributed by atoms with Crippen LogP contribution in [0.4, 0.5) is 0 Å². The van der Waals surface area contributed by atoms with Gasteiger partial charge in [-0.05, 0) is 30.5 Å². The molecule has 0 aliphatic carbocycles. The number of methoxy groups -OCH3 is 1. The van der Waals surface area contributed by atoms with E-state index in [1.807, 2.05) is 25.1 Å². The van der Waals surface area contributed by atoms with Crippen LogP contribution in [0.2, 0.25) is 0 Å². The van der Waals surface area contributed by atoms with Crippen molar-refractivity contribution in [3.05, 3.63) is 23.8 Å². The van der Waals surface area contributed by atoms with Crippen LogP contribution in [-0.2, 0) is 0 Å². The Hall–Kier alpha value is -1.18. The molecule has 1 aromatic rings. The average Bonchev–Trinajstić information content (AvgIpc) is 2.14. The van der Waals surface area contributed by atoms with Crippen molar-refractivity contribution in [2.75, 3.05) is 13.7 Å². The summed E-state index contributed by atoms with van der Waals surface area (Å²) in [5.41, 5.74) is 1.16. The molecular weight excluding hydrogens is 176 g/mol. The minimum atomic E-state index is 0.543. The van der Waals surface area contributed by atoms with E-state index >= 15 is 0 Å². The summed E-state index contributed by atoms with van der Waals surface area (Å²) < 4.78 is 10.8. The lowest BCUT2D eigenvalue weighted by atomic mass is 10.2. The van der Waals surface area contributed by atoms with Crippen LogP contribution in [0.25, 0.3) is 0 Å². The first-order chi connectivity index (χ1) is 6.61. The Morgan fingerprint density at radius 3 is 2.36 bits per heavy atom. The molecule has 0 saturated heterocycles. The maximum atomic E-state index is 5.61. The van der Waals surface area contributed by atoms with Gasteiger partial charge < -0.3 is 9.47 Å². The summed E-state index contributed by atoms with van der Waals surface area (Å²) in [5.74, 6) is 2.28.